The molecule has 0 amide bonds. The van der Waals surface area contributed by atoms with Crippen molar-refractivity contribution in [2.45, 2.75) is 31.3 Å². The van der Waals surface area contributed by atoms with Crippen LogP contribution in [-0.4, -0.2) is 37.2 Å². The Kier molecular flexibility index (Phi) is 3.31. The summed E-state index contributed by atoms with van der Waals surface area (Å²) in [6, 6.07) is 8.93. The van der Waals surface area contributed by atoms with E-state index in [9.17, 15) is 5.26 Å². The van der Waals surface area contributed by atoms with Crippen LogP contribution in [0.5, 0.6) is 5.75 Å². The highest BCUT2D eigenvalue weighted by Gasteiger charge is 2.37. The summed E-state index contributed by atoms with van der Waals surface area (Å²) in [4.78, 5) is 2.56. The zero-order valence-electron chi connectivity index (χ0n) is 11.2. The molecule has 1 N–H and O–H groups in total. The van der Waals surface area contributed by atoms with Crippen molar-refractivity contribution in [3.63, 3.8) is 0 Å². The number of nitrogens with zero attached hydrogens (tertiary/aromatic N) is 2. The molecular formula is C15H19N3O. The Morgan fingerprint density at radius 2 is 2.26 bits per heavy atom. The van der Waals surface area contributed by atoms with Crippen LogP contribution in [0, 0.1) is 11.3 Å². The Morgan fingerprint density at radius 3 is 3.05 bits per heavy atom. The predicted molar refractivity (Wildman–Crippen MR) is 74.3 cm³/mol. The molecule has 2 aliphatic heterocycles. The second kappa shape index (κ2) is 5.10. The summed E-state index contributed by atoms with van der Waals surface area (Å²) in [6.07, 6.45) is 3.72. The second-order valence-electron chi connectivity index (χ2n) is 5.31. The fraction of sp³-hybridized carbons (Fsp3) is 0.533. The van der Waals surface area contributed by atoms with Gasteiger partial charge in [-0.15, -0.1) is 0 Å². The monoisotopic (exact) mass is 257 g/mol. The van der Waals surface area contributed by atoms with Crippen LogP contribution in [0.15, 0.2) is 18.2 Å². The maximum Gasteiger partial charge on any atom is 0.121 e. The van der Waals surface area contributed by atoms with Gasteiger partial charge in [-0.2, -0.15) is 5.26 Å². The van der Waals surface area contributed by atoms with E-state index in [4.69, 9.17) is 4.74 Å². The first-order chi connectivity index (χ1) is 9.31. The molecule has 2 atom stereocenters. The van der Waals surface area contributed by atoms with Gasteiger partial charge in [0.2, 0.25) is 0 Å². The van der Waals surface area contributed by atoms with Crippen LogP contribution < -0.4 is 10.1 Å². The summed E-state index contributed by atoms with van der Waals surface area (Å²) in [5, 5.41) is 12.8. The van der Waals surface area contributed by atoms with Crippen LogP contribution in [0.25, 0.3) is 0 Å². The van der Waals surface area contributed by atoms with E-state index in [2.05, 4.69) is 16.3 Å². The van der Waals surface area contributed by atoms with E-state index >= 15 is 0 Å². The Morgan fingerprint density at radius 1 is 1.37 bits per heavy atom. The first-order valence-electron chi connectivity index (χ1n) is 6.90. The van der Waals surface area contributed by atoms with Crippen molar-refractivity contribution in [1.29, 1.82) is 5.26 Å². The van der Waals surface area contributed by atoms with Crippen LogP contribution in [-0.2, 0) is 0 Å². The first kappa shape index (κ1) is 12.3. The highest BCUT2D eigenvalue weighted by Crippen LogP contribution is 2.31. The molecule has 100 valence electrons. The number of nitriles is 1. The van der Waals surface area contributed by atoms with Gasteiger partial charge in [-0.3, -0.25) is 4.90 Å². The third-order valence-electron chi connectivity index (χ3n) is 4.29. The molecule has 0 saturated carbocycles. The van der Waals surface area contributed by atoms with Gasteiger partial charge >= 0.3 is 0 Å². The Labute approximate surface area is 114 Å². The number of hydrogen-bond acceptors (Lipinski definition) is 4. The third-order valence-corrected chi connectivity index (χ3v) is 4.29. The number of anilines is 1. The van der Waals surface area contributed by atoms with Crippen molar-refractivity contribution in [2.75, 3.05) is 25.5 Å². The quantitative estimate of drug-likeness (QED) is 0.902. The van der Waals surface area contributed by atoms with Gasteiger partial charge in [0.15, 0.2) is 0 Å². The molecule has 2 aliphatic rings. The summed E-state index contributed by atoms with van der Waals surface area (Å²) in [5.41, 5.74) is 1.60. The summed E-state index contributed by atoms with van der Waals surface area (Å²) < 4.78 is 5.25. The average Bonchev–Trinajstić information content (AvgIpc) is 3.03. The minimum Gasteiger partial charge on any atom is -0.497 e. The van der Waals surface area contributed by atoms with Gasteiger partial charge in [0, 0.05) is 24.7 Å². The molecule has 1 aromatic rings. The van der Waals surface area contributed by atoms with Crippen molar-refractivity contribution in [3.8, 4) is 11.8 Å². The standard InChI is InChI=1S/C15H19N3O/c1-19-12-5-4-11(10-16)14(9-12)17-13-6-8-18-7-2-3-15(13)18/h4-5,9,13,15,17H,2-3,6-8H2,1H3. The lowest BCUT2D eigenvalue weighted by atomic mass is 10.1. The molecule has 1 aromatic carbocycles. The molecule has 0 spiro atoms. The summed E-state index contributed by atoms with van der Waals surface area (Å²) >= 11 is 0. The van der Waals surface area contributed by atoms with Crippen LogP contribution >= 0.6 is 0 Å². The van der Waals surface area contributed by atoms with Gasteiger partial charge < -0.3 is 10.1 Å². The van der Waals surface area contributed by atoms with Crippen LogP contribution in [0.1, 0.15) is 24.8 Å². The molecule has 0 radical (unpaired) electrons. The molecular weight excluding hydrogens is 238 g/mol. The molecule has 2 unspecified atom stereocenters. The number of fused-ring (bicyclic) bond motifs is 1. The number of hydrogen-bond donors (Lipinski definition) is 1. The van der Waals surface area contributed by atoms with E-state index in [0.29, 0.717) is 17.6 Å². The fourth-order valence-electron chi connectivity index (χ4n) is 3.32. The third kappa shape index (κ3) is 2.26. The van der Waals surface area contributed by atoms with Gasteiger partial charge in [-0.1, -0.05) is 0 Å². The number of rotatable bonds is 3. The van der Waals surface area contributed by atoms with E-state index in [1.54, 1.807) is 7.11 Å². The van der Waals surface area contributed by atoms with Gasteiger partial charge in [-0.25, -0.2) is 0 Å². The highest BCUT2D eigenvalue weighted by atomic mass is 16.5. The summed E-state index contributed by atoms with van der Waals surface area (Å²) in [6.45, 7) is 2.40. The number of nitrogens with one attached hydrogen (secondary N) is 1. The minimum atomic E-state index is 0.460. The largest absolute Gasteiger partial charge is 0.497 e. The Bertz CT molecular complexity index is 509. The van der Waals surface area contributed by atoms with Crippen molar-refractivity contribution >= 4 is 5.69 Å². The van der Waals surface area contributed by atoms with Crippen molar-refractivity contribution in [2.24, 2.45) is 0 Å². The molecule has 2 saturated heterocycles. The number of methoxy groups -OCH3 is 1. The number of benzene rings is 1. The zero-order chi connectivity index (χ0) is 13.2. The van der Waals surface area contributed by atoms with Crippen LogP contribution in [0.4, 0.5) is 5.69 Å². The maximum atomic E-state index is 9.20. The fourth-order valence-corrected chi connectivity index (χ4v) is 3.32. The summed E-state index contributed by atoms with van der Waals surface area (Å²) in [7, 11) is 1.65. The lowest BCUT2D eigenvalue weighted by Crippen LogP contribution is -2.33. The lowest BCUT2D eigenvalue weighted by Gasteiger charge is -2.23. The lowest BCUT2D eigenvalue weighted by molar-refractivity contribution is 0.318. The van der Waals surface area contributed by atoms with E-state index in [1.165, 1.54) is 25.9 Å². The smallest absolute Gasteiger partial charge is 0.121 e. The van der Waals surface area contributed by atoms with Crippen molar-refractivity contribution in [3.05, 3.63) is 23.8 Å². The summed E-state index contributed by atoms with van der Waals surface area (Å²) in [5.74, 6) is 0.794. The van der Waals surface area contributed by atoms with E-state index in [-0.39, 0.29) is 0 Å². The van der Waals surface area contributed by atoms with Crippen molar-refractivity contribution < 1.29 is 4.74 Å². The highest BCUT2D eigenvalue weighted by molar-refractivity contribution is 5.61. The van der Waals surface area contributed by atoms with Crippen LogP contribution in [0.2, 0.25) is 0 Å². The normalized spacial score (nSPS) is 25.9. The Hall–Kier alpha value is -1.73. The molecule has 4 heteroatoms. The van der Waals surface area contributed by atoms with E-state index in [1.807, 2.05) is 18.2 Å². The molecule has 3 rings (SSSR count). The van der Waals surface area contributed by atoms with E-state index in [0.717, 1.165) is 17.9 Å². The Balaban J connectivity index is 1.81. The van der Waals surface area contributed by atoms with Gasteiger partial charge in [-0.05, 0) is 37.9 Å². The molecule has 0 bridgehead atoms. The molecule has 0 aromatic heterocycles. The van der Waals surface area contributed by atoms with E-state index < -0.39 is 0 Å². The maximum absolute atomic E-state index is 9.20. The zero-order valence-corrected chi connectivity index (χ0v) is 11.2. The van der Waals surface area contributed by atoms with Gasteiger partial charge in [0.1, 0.15) is 11.8 Å². The van der Waals surface area contributed by atoms with Crippen molar-refractivity contribution in [1.82, 2.24) is 4.90 Å². The average molecular weight is 257 g/mol. The molecule has 2 fully saturated rings. The van der Waals surface area contributed by atoms with Gasteiger partial charge in [0.25, 0.3) is 0 Å². The molecule has 2 heterocycles. The minimum absolute atomic E-state index is 0.460. The molecule has 4 nitrogen and oxygen atoms in total. The first-order valence-corrected chi connectivity index (χ1v) is 6.90. The SMILES string of the molecule is COc1ccc(C#N)c(NC2CCN3CCCC23)c1. The van der Waals surface area contributed by atoms with Gasteiger partial charge in [0.05, 0.1) is 18.4 Å². The number of ether oxygens (including phenoxy) is 1. The molecule has 19 heavy (non-hydrogen) atoms. The molecule has 0 aliphatic carbocycles. The second-order valence-corrected chi connectivity index (χ2v) is 5.31. The van der Waals surface area contributed by atoms with Crippen LogP contribution in [0.3, 0.4) is 0 Å². The predicted octanol–water partition coefficient (Wildman–Crippen LogP) is 2.22. The topological polar surface area (TPSA) is 48.3 Å².